The van der Waals surface area contributed by atoms with Gasteiger partial charge in [0.25, 0.3) is 0 Å². The molecule has 1 saturated heterocycles. The number of fused-ring (bicyclic) bond motifs is 2. The molecule has 4 atom stereocenters. The molecule has 1 amide bonds. The number of amides is 1. The first-order valence-electron chi connectivity index (χ1n) is 7.45. The number of para-hydroxylation sites is 1. The largest absolute Gasteiger partial charge is 0.481 e. The van der Waals surface area contributed by atoms with Crippen LogP contribution in [0.25, 0.3) is 0 Å². The van der Waals surface area contributed by atoms with E-state index in [0.717, 1.165) is 11.3 Å². The van der Waals surface area contributed by atoms with E-state index in [-0.39, 0.29) is 11.8 Å². The molecule has 2 N–H and O–H groups in total. The summed E-state index contributed by atoms with van der Waals surface area (Å²) in [7, 11) is 0. The Labute approximate surface area is 129 Å². The van der Waals surface area contributed by atoms with Crippen LogP contribution < -0.4 is 5.32 Å². The summed E-state index contributed by atoms with van der Waals surface area (Å²) in [4.78, 5) is 24.0. The highest BCUT2D eigenvalue weighted by Gasteiger charge is 2.53. The molecule has 2 heterocycles. The van der Waals surface area contributed by atoms with Crippen LogP contribution in [-0.4, -0.2) is 29.2 Å². The van der Waals surface area contributed by atoms with Gasteiger partial charge in [0.15, 0.2) is 0 Å². The fourth-order valence-electron chi connectivity index (χ4n) is 3.25. The van der Waals surface area contributed by atoms with Crippen molar-refractivity contribution in [1.82, 2.24) is 0 Å². The number of carbonyl (C=O) groups is 2. The van der Waals surface area contributed by atoms with Gasteiger partial charge in [0.1, 0.15) is 5.92 Å². The van der Waals surface area contributed by atoms with Gasteiger partial charge in [0.2, 0.25) is 5.91 Å². The fraction of sp³-hybridized carbons (Fsp3) is 0.412. The molecule has 5 nitrogen and oxygen atoms in total. The van der Waals surface area contributed by atoms with E-state index in [9.17, 15) is 14.7 Å². The topological polar surface area (TPSA) is 75.6 Å². The highest BCUT2D eigenvalue weighted by atomic mass is 16.5. The van der Waals surface area contributed by atoms with Crippen LogP contribution in [0.1, 0.15) is 25.3 Å². The number of aliphatic carboxylic acids is 1. The van der Waals surface area contributed by atoms with Crippen molar-refractivity contribution in [3.05, 3.63) is 42.0 Å². The molecule has 116 valence electrons. The number of carboxylic acids is 1. The van der Waals surface area contributed by atoms with Crippen LogP contribution in [0, 0.1) is 11.8 Å². The van der Waals surface area contributed by atoms with Crippen molar-refractivity contribution in [2.45, 2.75) is 32.0 Å². The second kappa shape index (κ2) is 5.57. The van der Waals surface area contributed by atoms with Crippen molar-refractivity contribution in [3.63, 3.8) is 0 Å². The summed E-state index contributed by atoms with van der Waals surface area (Å²) in [6.07, 6.45) is 2.56. The van der Waals surface area contributed by atoms with Gasteiger partial charge in [0, 0.05) is 5.69 Å². The van der Waals surface area contributed by atoms with Crippen molar-refractivity contribution in [2.75, 3.05) is 5.32 Å². The van der Waals surface area contributed by atoms with Gasteiger partial charge in [-0.15, -0.1) is 0 Å². The van der Waals surface area contributed by atoms with Gasteiger partial charge >= 0.3 is 5.97 Å². The van der Waals surface area contributed by atoms with E-state index in [2.05, 4.69) is 19.2 Å². The lowest BCUT2D eigenvalue weighted by Gasteiger charge is -2.22. The standard InChI is InChI=1S/C17H19NO4/c1-9(2)10-5-3-4-6-11(10)18-16(19)14-12-7-8-13(22-12)15(14)17(20)21/h3-9,12-15H,1-2H3,(H,18,19)(H,20,21)/t12-,13+,14-,15-/m0/s1. The molecular formula is C17H19NO4. The molecule has 1 aromatic rings. The van der Waals surface area contributed by atoms with E-state index in [1.165, 1.54) is 0 Å². The Hall–Kier alpha value is -2.14. The number of hydrogen-bond donors (Lipinski definition) is 2. The Balaban J connectivity index is 1.83. The molecule has 1 fully saturated rings. The maximum absolute atomic E-state index is 12.6. The van der Waals surface area contributed by atoms with E-state index in [4.69, 9.17) is 4.74 Å². The van der Waals surface area contributed by atoms with Gasteiger partial charge in [-0.1, -0.05) is 44.2 Å². The first kappa shape index (κ1) is 14.8. The monoisotopic (exact) mass is 301 g/mol. The second-order valence-corrected chi connectivity index (χ2v) is 6.07. The molecule has 2 aliphatic rings. The smallest absolute Gasteiger partial charge is 0.310 e. The summed E-state index contributed by atoms with van der Waals surface area (Å²) < 4.78 is 5.54. The fourth-order valence-corrected chi connectivity index (χ4v) is 3.25. The SMILES string of the molecule is CC(C)c1ccccc1NC(=O)[C@@H]1[C@@H](C(=O)O)[C@H]2C=C[C@@H]1O2. The summed E-state index contributed by atoms with van der Waals surface area (Å²) in [5.41, 5.74) is 1.76. The van der Waals surface area contributed by atoms with Crippen molar-refractivity contribution in [2.24, 2.45) is 11.8 Å². The van der Waals surface area contributed by atoms with E-state index in [0.29, 0.717) is 0 Å². The van der Waals surface area contributed by atoms with E-state index >= 15 is 0 Å². The van der Waals surface area contributed by atoms with Gasteiger partial charge in [-0.05, 0) is 17.5 Å². The summed E-state index contributed by atoms with van der Waals surface area (Å²) >= 11 is 0. The molecule has 0 radical (unpaired) electrons. The van der Waals surface area contributed by atoms with Crippen molar-refractivity contribution >= 4 is 17.6 Å². The van der Waals surface area contributed by atoms with Crippen LogP contribution in [0.3, 0.4) is 0 Å². The summed E-state index contributed by atoms with van der Waals surface area (Å²) in [5, 5.41) is 12.3. The minimum atomic E-state index is -0.992. The lowest BCUT2D eigenvalue weighted by atomic mass is 9.82. The molecule has 2 bridgehead atoms. The zero-order valence-corrected chi connectivity index (χ0v) is 12.5. The molecule has 0 saturated carbocycles. The Morgan fingerprint density at radius 1 is 1.14 bits per heavy atom. The number of benzene rings is 1. The van der Waals surface area contributed by atoms with Gasteiger partial charge in [0.05, 0.1) is 18.1 Å². The molecule has 0 aromatic heterocycles. The number of ether oxygens (including phenoxy) is 1. The number of carboxylic acid groups (broad SMARTS) is 1. The number of hydrogen-bond acceptors (Lipinski definition) is 3. The third kappa shape index (κ3) is 2.41. The first-order valence-corrected chi connectivity index (χ1v) is 7.45. The van der Waals surface area contributed by atoms with Crippen LogP contribution in [0.2, 0.25) is 0 Å². The van der Waals surface area contributed by atoms with Crippen LogP contribution in [0.4, 0.5) is 5.69 Å². The van der Waals surface area contributed by atoms with Crippen LogP contribution in [0.15, 0.2) is 36.4 Å². The zero-order valence-electron chi connectivity index (χ0n) is 12.5. The van der Waals surface area contributed by atoms with Crippen LogP contribution in [0.5, 0.6) is 0 Å². The van der Waals surface area contributed by atoms with Gasteiger partial charge < -0.3 is 15.2 Å². The molecule has 5 heteroatoms. The predicted octanol–water partition coefficient (Wildman–Crippen LogP) is 2.40. The quantitative estimate of drug-likeness (QED) is 0.837. The van der Waals surface area contributed by atoms with E-state index in [1.807, 2.05) is 24.3 Å². The van der Waals surface area contributed by atoms with E-state index in [1.54, 1.807) is 12.2 Å². The maximum atomic E-state index is 12.6. The molecule has 22 heavy (non-hydrogen) atoms. The summed E-state index contributed by atoms with van der Waals surface area (Å²) in [6.45, 7) is 4.10. The lowest BCUT2D eigenvalue weighted by Crippen LogP contribution is -2.39. The summed E-state index contributed by atoms with van der Waals surface area (Å²) in [6, 6.07) is 7.58. The number of nitrogens with one attached hydrogen (secondary N) is 1. The third-order valence-electron chi connectivity index (χ3n) is 4.33. The Morgan fingerprint density at radius 2 is 1.77 bits per heavy atom. The molecule has 2 aliphatic heterocycles. The average Bonchev–Trinajstić information content (AvgIpc) is 3.08. The Kier molecular flexibility index (Phi) is 3.74. The van der Waals surface area contributed by atoms with Crippen molar-refractivity contribution in [3.8, 4) is 0 Å². The summed E-state index contributed by atoms with van der Waals surface area (Å²) in [5.74, 6) is -2.52. The van der Waals surface area contributed by atoms with Gasteiger partial charge in [-0.25, -0.2) is 0 Å². The highest BCUT2D eigenvalue weighted by molar-refractivity contribution is 5.97. The predicted molar refractivity (Wildman–Crippen MR) is 81.6 cm³/mol. The van der Waals surface area contributed by atoms with E-state index < -0.39 is 30.0 Å². The molecule has 3 rings (SSSR count). The number of rotatable bonds is 4. The highest BCUT2D eigenvalue weighted by Crippen LogP contribution is 2.40. The molecule has 1 aromatic carbocycles. The van der Waals surface area contributed by atoms with Gasteiger partial charge in [-0.3, -0.25) is 9.59 Å². The minimum absolute atomic E-state index is 0.267. The van der Waals surface area contributed by atoms with Crippen LogP contribution in [-0.2, 0) is 14.3 Å². The normalized spacial score (nSPS) is 29.0. The second-order valence-electron chi connectivity index (χ2n) is 6.07. The molecule has 0 spiro atoms. The third-order valence-corrected chi connectivity index (χ3v) is 4.33. The lowest BCUT2D eigenvalue weighted by molar-refractivity contribution is -0.145. The minimum Gasteiger partial charge on any atom is -0.481 e. The molecule has 0 unspecified atom stereocenters. The molecular weight excluding hydrogens is 282 g/mol. The average molecular weight is 301 g/mol. The van der Waals surface area contributed by atoms with Gasteiger partial charge in [-0.2, -0.15) is 0 Å². The Morgan fingerprint density at radius 3 is 2.41 bits per heavy atom. The zero-order chi connectivity index (χ0) is 15.9. The number of anilines is 1. The van der Waals surface area contributed by atoms with Crippen molar-refractivity contribution < 1.29 is 19.4 Å². The first-order chi connectivity index (χ1) is 10.5. The maximum Gasteiger partial charge on any atom is 0.310 e. The van der Waals surface area contributed by atoms with Crippen LogP contribution >= 0.6 is 0 Å². The molecule has 0 aliphatic carbocycles. The van der Waals surface area contributed by atoms with Crippen molar-refractivity contribution in [1.29, 1.82) is 0 Å². The number of carbonyl (C=O) groups excluding carboxylic acids is 1. The Bertz CT molecular complexity index is 637.